The van der Waals surface area contributed by atoms with Gasteiger partial charge in [0, 0.05) is 31.5 Å². The van der Waals surface area contributed by atoms with Crippen LogP contribution in [0.2, 0.25) is 0 Å². The van der Waals surface area contributed by atoms with Crippen LogP contribution >= 0.6 is 0 Å². The number of rotatable bonds is 5. The molecule has 1 aliphatic carbocycles. The van der Waals surface area contributed by atoms with E-state index < -0.39 is 0 Å². The fourth-order valence-electron chi connectivity index (χ4n) is 3.13. The molecule has 0 radical (unpaired) electrons. The van der Waals surface area contributed by atoms with Gasteiger partial charge in [-0.1, -0.05) is 27.2 Å². The normalized spacial score (nSPS) is 23.2. The maximum Gasteiger partial charge on any atom is 0.0223 e. The minimum atomic E-state index is 0.532. The van der Waals surface area contributed by atoms with Gasteiger partial charge in [-0.3, -0.25) is 0 Å². The molecule has 2 heteroatoms. The molecule has 0 aliphatic heterocycles. The second kappa shape index (κ2) is 5.92. The Balaban J connectivity index is 1.79. The van der Waals surface area contributed by atoms with Crippen molar-refractivity contribution in [3.8, 4) is 0 Å². The highest BCUT2D eigenvalue weighted by molar-refractivity contribution is 5.10. The van der Waals surface area contributed by atoms with Crippen LogP contribution in [0.15, 0.2) is 18.5 Å². The number of aryl methyl sites for hydroxylation is 1. The summed E-state index contributed by atoms with van der Waals surface area (Å²) < 4.78 is 2.29. The lowest BCUT2D eigenvalue weighted by Gasteiger charge is -2.35. The fourth-order valence-corrected chi connectivity index (χ4v) is 3.13. The van der Waals surface area contributed by atoms with Crippen LogP contribution < -0.4 is 5.32 Å². The van der Waals surface area contributed by atoms with Crippen molar-refractivity contribution in [2.45, 2.75) is 72.0 Å². The summed E-state index contributed by atoms with van der Waals surface area (Å²) in [6.07, 6.45) is 11.1. The van der Waals surface area contributed by atoms with Gasteiger partial charge in [0.15, 0.2) is 0 Å². The Labute approximate surface area is 112 Å². The third-order valence-electron chi connectivity index (χ3n) is 4.09. The first kappa shape index (κ1) is 13.7. The van der Waals surface area contributed by atoms with E-state index in [9.17, 15) is 0 Å². The van der Waals surface area contributed by atoms with Crippen molar-refractivity contribution < 1.29 is 0 Å². The molecular weight excluding hydrogens is 220 g/mol. The molecule has 0 aromatic carbocycles. The van der Waals surface area contributed by atoms with Crippen LogP contribution in [0.1, 0.15) is 58.4 Å². The highest BCUT2D eigenvalue weighted by Crippen LogP contribution is 2.35. The summed E-state index contributed by atoms with van der Waals surface area (Å²) >= 11 is 0. The van der Waals surface area contributed by atoms with Crippen molar-refractivity contribution in [1.82, 2.24) is 9.88 Å². The summed E-state index contributed by atoms with van der Waals surface area (Å²) in [5.41, 5.74) is 1.95. The topological polar surface area (TPSA) is 17.0 Å². The Bertz CT molecular complexity index is 365. The molecule has 1 saturated carbocycles. The third-order valence-corrected chi connectivity index (χ3v) is 4.09. The molecular formula is C16H28N2. The van der Waals surface area contributed by atoms with Crippen LogP contribution in [-0.2, 0) is 13.1 Å². The van der Waals surface area contributed by atoms with Crippen LogP contribution in [0.3, 0.4) is 0 Å². The molecule has 1 fully saturated rings. The summed E-state index contributed by atoms with van der Waals surface area (Å²) in [4.78, 5) is 0. The van der Waals surface area contributed by atoms with Gasteiger partial charge in [-0.25, -0.2) is 0 Å². The van der Waals surface area contributed by atoms with E-state index in [1.807, 2.05) is 0 Å². The highest BCUT2D eigenvalue weighted by atomic mass is 15.0. The van der Waals surface area contributed by atoms with Crippen LogP contribution in [-0.4, -0.2) is 10.6 Å². The number of hydrogen-bond donors (Lipinski definition) is 1. The molecule has 0 spiro atoms. The average Bonchev–Trinajstić information content (AvgIpc) is 2.74. The van der Waals surface area contributed by atoms with E-state index in [1.54, 1.807) is 0 Å². The van der Waals surface area contributed by atoms with Gasteiger partial charge < -0.3 is 9.88 Å². The Morgan fingerprint density at radius 1 is 1.44 bits per heavy atom. The maximum absolute atomic E-state index is 3.74. The van der Waals surface area contributed by atoms with Crippen LogP contribution in [0.4, 0.5) is 0 Å². The molecule has 2 nitrogen and oxygen atoms in total. The van der Waals surface area contributed by atoms with Crippen molar-refractivity contribution in [3.63, 3.8) is 0 Å². The second-order valence-electron chi connectivity index (χ2n) is 6.60. The number of hydrogen-bond acceptors (Lipinski definition) is 1. The zero-order valence-corrected chi connectivity index (χ0v) is 12.2. The van der Waals surface area contributed by atoms with Crippen molar-refractivity contribution in [1.29, 1.82) is 0 Å². The summed E-state index contributed by atoms with van der Waals surface area (Å²) in [7, 11) is 0. The van der Waals surface area contributed by atoms with Crippen molar-refractivity contribution in [2.24, 2.45) is 5.41 Å². The Kier molecular flexibility index (Phi) is 4.50. The average molecular weight is 248 g/mol. The molecule has 1 heterocycles. The van der Waals surface area contributed by atoms with Crippen molar-refractivity contribution in [3.05, 3.63) is 24.0 Å². The predicted octanol–water partition coefficient (Wildman–Crippen LogP) is 3.96. The third kappa shape index (κ3) is 3.88. The van der Waals surface area contributed by atoms with Crippen LogP contribution in [0.25, 0.3) is 0 Å². The van der Waals surface area contributed by atoms with E-state index in [0.29, 0.717) is 11.5 Å². The number of aromatic nitrogens is 1. The molecule has 1 atom stereocenters. The smallest absolute Gasteiger partial charge is 0.0223 e. The van der Waals surface area contributed by atoms with Crippen LogP contribution in [0.5, 0.6) is 0 Å². The van der Waals surface area contributed by atoms with Gasteiger partial charge in [0.1, 0.15) is 0 Å². The van der Waals surface area contributed by atoms with E-state index >= 15 is 0 Å². The first-order valence-electron chi connectivity index (χ1n) is 7.47. The molecule has 1 aromatic heterocycles. The highest BCUT2D eigenvalue weighted by Gasteiger charge is 2.27. The molecule has 2 rings (SSSR count). The fraction of sp³-hybridized carbons (Fsp3) is 0.750. The monoisotopic (exact) mass is 248 g/mol. The minimum absolute atomic E-state index is 0.532. The van der Waals surface area contributed by atoms with E-state index in [1.165, 1.54) is 37.7 Å². The Hall–Kier alpha value is -0.760. The van der Waals surface area contributed by atoms with Gasteiger partial charge >= 0.3 is 0 Å². The maximum atomic E-state index is 3.74. The standard InChI is InChI=1S/C16H28N2/c1-4-9-18-10-7-14(13-18)12-17-15-6-5-8-16(2,3)11-15/h7,10,13,15,17H,4-6,8-9,11-12H2,1-3H3. The molecule has 0 saturated heterocycles. The zero-order chi connectivity index (χ0) is 13.0. The summed E-state index contributed by atoms with van der Waals surface area (Å²) in [5, 5.41) is 3.74. The molecule has 1 aliphatic rings. The van der Waals surface area contributed by atoms with Crippen molar-refractivity contribution >= 4 is 0 Å². The van der Waals surface area contributed by atoms with Gasteiger partial charge in [0.05, 0.1) is 0 Å². The first-order valence-corrected chi connectivity index (χ1v) is 7.47. The molecule has 18 heavy (non-hydrogen) atoms. The SMILES string of the molecule is CCCn1ccc(CNC2CCCC(C)(C)C2)c1. The van der Waals surface area contributed by atoms with Crippen molar-refractivity contribution in [2.75, 3.05) is 0 Å². The van der Waals surface area contributed by atoms with E-state index in [2.05, 4.69) is 49.1 Å². The molecule has 1 aromatic rings. The van der Waals surface area contributed by atoms with Crippen LogP contribution in [0, 0.1) is 5.41 Å². The number of nitrogens with one attached hydrogen (secondary N) is 1. The van der Waals surface area contributed by atoms with Gasteiger partial charge in [-0.2, -0.15) is 0 Å². The van der Waals surface area contributed by atoms with Gasteiger partial charge in [-0.15, -0.1) is 0 Å². The largest absolute Gasteiger partial charge is 0.354 e. The molecule has 0 bridgehead atoms. The molecule has 102 valence electrons. The number of nitrogens with zero attached hydrogens (tertiary/aromatic N) is 1. The molecule has 1 unspecified atom stereocenters. The lowest BCUT2D eigenvalue weighted by molar-refractivity contribution is 0.198. The van der Waals surface area contributed by atoms with E-state index in [0.717, 1.165) is 13.1 Å². The minimum Gasteiger partial charge on any atom is -0.354 e. The van der Waals surface area contributed by atoms with E-state index in [-0.39, 0.29) is 0 Å². The quantitative estimate of drug-likeness (QED) is 0.834. The zero-order valence-electron chi connectivity index (χ0n) is 12.2. The lowest BCUT2D eigenvalue weighted by Crippen LogP contribution is -2.36. The summed E-state index contributed by atoms with van der Waals surface area (Å²) in [6.45, 7) is 9.19. The van der Waals surface area contributed by atoms with Gasteiger partial charge in [-0.05, 0) is 42.7 Å². The Morgan fingerprint density at radius 3 is 3.00 bits per heavy atom. The van der Waals surface area contributed by atoms with Gasteiger partial charge in [0.25, 0.3) is 0 Å². The Morgan fingerprint density at radius 2 is 2.28 bits per heavy atom. The first-order chi connectivity index (χ1) is 8.59. The van der Waals surface area contributed by atoms with Gasteiger partial charge in [0.2, 0.25) is 0 Å². The lowest BCUT2D eigenvalue weighted by atomic mass is 9.75. The second-order valence-corrected chi connectivity index (χ2v) is 6.60. The summed E-state index contributed by atoms with van der Waals surface area (Å²) in [6, 6.07) is 2.96. The molecule has 1 N–H and O–H groups in total. The van der Waals surface area contributed by atoms with E-state index in [4.69, 9.17) is 0 Å². The summed E-state index contributed by atoms with van der Waals surface area (Å²) in [5.74, 6) is 0. The predicted molar refractivity (Wildman–Crippen MR) is 77.6 cm³/mol. The molecule has 0 amide bonds.